The molecular formula is C14H17NO3. The smallest absolute Gasteiger partial charge is 0.340 e. The zero-order valence-corrected chi connectivity index (χ0v) is 10.9. The summed E-state index contributed by atoms with van der Waals surface area (Å²) in [6.07, 6.45) is 1.74. The standard InChI is InChI=1S/C14H17NO3/c1-9-6-11-12(14(17)18-3)8-15(4-5-16)13(11)7-10(9)2/h6-8,16H,4-5H2,1-3H3. The summed E-state index contributed by atoms with van der Waals surface area (Å²) >= 11 is 0. The predicted molar refractivity (Wildman–Crippen MR) is 69.8 cm³/mol. The number of aliphatic hydroxyl groups excluding tert-OH is 1. The summed E-state index contributed by atoms with van der Waals surface area (Å²) in [5.41, 5.74) is 3.79. The van der Waals surface area contributed by atoms with Gasteiger partial charge in [0, 0.05) is 23.6 Å². The van der Waals surface area contributed by atoms with Crippen molar-refractivity contribution in [2.24, 2.45) is 0 Å². The molecule has 2 rings (SSSR count). The van der Waals surface area contributed by atoms with Crippen molar-refractivity contribution >= 4 is 16.9 Å². The highest BCUT2D eigenvalue weighted by molar-refractivity contribution is 6.04. The number of aliphatic hydroxyl groups is 1. The highest BCUT2D eigenvalue weighted by Crippen LogP contribution is 2.25. The first kappa shape index (κ1) is 12.6. The molecule has 0 bridgehead atoms. The zero-order chi connectivity index (χ0) is 13.3. The van der Waals surface area contributed by atoms with Gasteiger partial charge in [-0.15, -0.1) is 0 Å². The SMILES string of the molecule is COC(=O)c1cn(CCO)c2cc(C)c(C)cc12. The highest BCUT2D eigenvalue weighted by Gasteiger charge is 2.16. The van der Waals surface area contributed by atoms with E-state index < -0.39 is 0 Å². The average molecular weight is 247 g/mol. The number of aryl methyl sites for hydroxylation is 2. The number of esters is 1. The van der Waals surface area contributed by atoms with Gasteiger partial charge < -0.3 is 14.4 Å². The number of hydrogen-bond donors (Lipinski definition) is 1. The van der Waals surface area contributed by atoms with Crippen LogP contribution >= 0.6 is 0 Å². The van der Waals surface area contributed by atoms with E-state index in [1.54, 1.807) is 6.20 Å². The van der Waals surface area contributed by atoms with E-state index >= 15 is 0 Å². The summed E-state index contributed by atoms with van der Waals surface area (Å²) in [4.78, 5) is 11.7. The third-order valence-electron chi connectivity index (χ3n) is 3.24. The fraction of sp³-hybridized carbons (Fsp3) is 0.357. The molecule has 0 aliphatic heterocycles. The van der Waals surface area contributed by atoms with E-state index in [1.165, 1.54) is 7.11 Å². The molecule has 0 saturated heterocycles. The second-order valence-corrected chi connectivity index (χ2v) is 4.40. The van der Waals surface area contributed by atoms with Crippen LogP contribution in [0.3, 0.4) is 0 Å². The van der Waals surface area contributed by atoms with Gasteiger partial charge >= 0.3 is 5.97 Å². The maximum absolute atomic E-state index is 11.7. The van der Waals surface area contributed by atoms with Crippen molar-refractivity contribution < 1.29 is 14.6 Å². The number of fused-ring (bicyclic) bond motifs is 1. The van der Waals surface area contributed by atoms with Gasteiger partial charge in [-0.05, 0) is 37.1 Å². The number of ether oxygens (including phenoxy) is 1. The molecule has 0 saturated carbocycles. The van der Waals surface area contributed by atoms with Crippen molar-refractivity contribution in [3.05, 3.63) is 35.0 Å². The molecule has 4 nitrogen and oxygen atoms in total. The van der Waals surface area contributed by atoms with Crippen LogP contribution in [0.25, 0.3) is 10.9 Å². The molecule has 0 amide bonds. The van der Waals surface area contributed by atoms with Crippen molar-refractivity contribution in [1.29, 1.82) is 0 Å². The van der Waals surface area contributed by atoms with E-state index in [2.05, 4.69) is 0 Å². The molecule has 4 heteroatoms. The Labute approximate surface area is 106 Å². The highest BCUT2D eigenvalue weighted by atomic mass is 16.5. The molecule has 1 aromatic heterocycles. The van der Waals surface area contributed by atoms with E-state index in [0.29, 0.717) is 12.1 Å². The first-order valence-electron chi connectivity index (χ1n) is 5.87. The number of benzene rings is 1. The summed E-state index contributed by atoms with van der Waals surface area (Å²) < 4.78 is 6.67. The van der Waals surface area contributed by atoms with E-state index in [0.717, 1.165) is 22.0 Å². The Morgan fingerprint density at radius 3 is 2.61 bits per heavy atom. The lowest BCUT2D eigenvalue weighted by Gasteiger charge is -2.05. The first-order valence-corrected chi connectivity index (χ1v) is 5.87. The maximum atomic E-state index is 11.7. The van der Waals surface area contributed by atoms with E-state index in [1.807, 2.05) is 30.5 Å². The molecule has 0 spiro atoms. The van der Waals surface area contributed by atoms with Crippen LogP contribution in [0.15, 0.2) is 18.3 Å². The molecule has 0 unspecified atom stereocenters. The third kappa shape index (κ3) is 1.99. The van der Waals surface area contributed by atoms with Crippen molar-refractivity contribution in [3.63, 3.8) is 0 Å². The van der Waals surface area contributed by atoms with Crippen LogP contribution in [0, 0.1) is 13.8 Å². The molecule has 0 aliphatic rings. The third-order valence-corrected chi connectivity index (χ3v) is 3.24. The summed E-state index contributed by atoms with van der Waals surface area (Å²) in [7, 11) is 1.37. The molecule has 1 heterocycles. The Kier molecular flexibility index (Phi) is 3.39. The number of nitrogens with zero attached hydrogens (tertiary/aromatic N) is 1. The quantitative estimate of drug-likeness (QED) is 0.844. The van der Waals surface area contributed by atoms with Gasteiger partial charge in [0.2, 0.25) is 0 Å². The van der Waals surface area contributed by atoms with Crippen LogP contribution in [-0.4, -0.2) is 29.4 Å². The Balaban J connectivity index is 2.72. The Morgan fingerprint density at radius 1 is 1.33 bits per heavy atom. The number of carbonyl (C=O) groups is 1. The Hall–Kier alpha value is -1.81. The summed E-state index contributed by atoms with van der Waals surface area (Å²) in [6.45, 7) is 4.55. The van der Waals surface area contributed by atoms with Gasteiger partial charge in [-0.2, -0.15) is 0 Å². The first-order chi connectivity index (χ1) is 8.58. The van der Waals surface area contributed by atoms with E-state index in [9.17, 15) is 4.79 Å². The van der Waals surface area contributed by atoms with Gasteiger partial charge in [0.15, 0.2) is 0 Å². The number of carbonyl (C=O) groups excluding carboxylic acids is 1. The Morgan fingerprint density at radius 2 is 2.00 bits per heavy atom. The monoisotopic (exact) mass is 247 g/mol. The van der Waals surface area contributed by atoms with Gasteiger partial charge in [0.25, 0.3) is 0 Å². The van der Waals surface area contributed by atoms with E-state index in [-0.39, 0.29) is 12.6 Å². The van der Waals surface area contributed by atoms with Gasteiger partial charge in [0.1, 0.15) is 0 Å². The number of methoxy groups -OCH3 is 1. The molecule has 0 radical (unpaired) electrons. The minimum atomic E-state index is -0.347. The van der Waals surface area contributed by atoms with Gasteiger partial charge in [-0.25, -0.2) is 4.79 Å². The average Bonchev–Trinajstić information content (AvgIpc) is 2.68. The molecule has 18 heavy (non-hydrogen) atoms. The van der Waals surface area contributed by atoms with Gasteiger partial charge in [-0.3, -0.25) is 0 Å². The van der Waals surface area contributed by atoms with Crippen LogP contribution in [0.2, 0.25) is 0 Å². The Bertz CT molecular complexity index is 599. The van der Waals surface area contributed by atoms with Crippen LogP contribution in [0.4, 0.5) is 0 Å². The van der Waals surface area contributed by atoms with Crippen molar-refractivity contribution in [1.82, 2.24) is 4.57 Å². The molecule has 1 aromatic carbocycles. The normalized spacial score (nSPS) is 10.9. The maximum Gasteiger partial charge on any atom is 0.340 e. The zero-order valence-electron chi connectivity index (χ0n) is 10.9. The lowest BCUT2D eigenvalue weighted by atomic mass is 10.1. The molecule has 96 valence electrons. The molecular weight excluding hydrogens is 230 g/mol. The summed E-state index contributed by atoms with van der Waals surface area (Å²) in [5, 5.41) is 9.94. The number of hydrogen-bond acceptors (Lipinski definition) is 3. The lowest BCUT2D eigenvalue weighted by Crippen LogP contribution is -2.02. The van der Waals surface area contributed by atoms with Crippen molar-refractivity contribution in [3.8, 4) is 0 Å². The van der Waals surface area contributed by atoms with Crippen molar-refractivity contribution in [2.75, 3.05) is 13.7 Å². The number of rotatable bonds is 3. The summed E-state index contributed by atoms with van der Waals surface area (Å²) in [5.74, 6) is -0.347. The van der Waals surface area contributed by atoms with Crippen LogP contribution < -0.4 is 0 Å². The largest absolute Gasteiger partial charge is 0.465 e. The van der Waals surface area contributed by atoms with Gasteiger partial charge in [0.05, 0.1) is 19.3 Å². The topological polar surface area (TPSA) is 51.5 Å². The van der Waals surface area contributed by atoms with E-state index in [4.69, 9.17) is 9.84 Å². The predicted octanol–water partition coefficient (Wildman–Crippen LogP) is 2.04. The minimum absolute atomic E-state index is 0.0390. The number of aromatic nitrogens is 1. The van der Waals surface area contributed by atoms with Gasteiger partial charge in [-0.1, -0.05) is 0 Å². The second-order valence-electron chi connectivity index (χ2n) is 4.40. The lowest BCUT2D eigenvalue weighted by molar-refractivity contribution is 0.0602. The fourth-order valence-corrected chi connectivity index (χ4v) is 2.11. The fourth-order valence-electron chi connectivity index (χ4n) is 2.11. The van der Waals surface area contributed by atoms with Crippen molar-refractivity contribution in [2.45, 2.75) is 20.4 Å². The molecule has 0 atom stereocenters. The van der Waals surface area contributed by atoms with Crippen LogP contribution in [-0.2, 0) is 11.3 Å². The molecule has 1 N–H and O–H groups in total. The van der Waals surface area contributed by atoms with Crippen LogP contribution in [0.1, 0.15) is 21.5 Å². The minimum Gasteiger partial charge on any atom is -0.465 e. The molecule has 2 aromatic rings. The molecule has 0 aliphatic carbocycles. The summed E-state index contributed by atoms with van der Waals surface area (Å²) in [6, 6.07) is 4.03. The molecule has 0 fully saturated rings. The second kappa shape index (κ2) is 4.82. The van der Waals surface area contributed by atoms with Crippen LogP contribution in [0.5, 0.6) is 0 Å².